The highest BCUT2D eigenvalue weighted by molar-refractivity contribution is 6.07. The maximum Gasteiger partial charge on any atom is 0.254 e. The monoisotopic (exact) mass is 385 g/mol. The predicted molar refractivity (Wildman–Crippen MR) is 113 cm³/mol. The molecular weight excluding hydrogens is 362 g/mol. The molecule has 0 fully saturated rings. The molecule has 4 rings (SSSR count). The van der Waals surface area contributed by atoms with Crippen molar-refractivity contribution in [3.63, 3.8) is 0 Å². The fraction of sp³-hybridized carbons (Fsp3) is 0.217. The molecule has 0 aliphatic heterocycles. The Morgan fingerprint density at radius 1 is 1.17 bits per heavy atom. The molecule has 146 valence electrons. The molecule has 1 aromatic carbocycles. The fourth-order valence-corrected chi connectivity index (χ4v) is 3.69. The number of pyridine rings is 2. The van der Waals surface area contributed by atoms with Crippen molar-refractivity contribution in [2.24, 2.45) is 7.05 Å². The van der Waals surface area contributed by atoms with Crippen molar-refractivity contribution in [3.05, 3.63) is 78.4 Å². The Balaban J connectivity index is 1.80. The first-order chi connectivity index (χ1) is 14.1. The second-order valence-electron chi connectivity index (χ2n) is 7.10. The minimum absolute atomic E-state index is 0.0376. The zero-order chi connectivity index (χ0) is 20.4. The first-order valence-electron chi connectivity index (χ1n) is 9.64. The number of rotatable bonds is 5. The highest BCUT2D eigenvalue weighted by atomic mass is 16.2. The molecule has 1 amide bonds. The van der Waals surface area contributed by atoms with Crippen LogP contribution in [0.1, 0.15) is 35.3 Å². The summed E-state index contributed by atoms with van der Waals surface area (Å²) in [5.74, 6) is -0.0376. The maximum absolute atomic E-state index is 13.6. The summed E-state index contributed by atoms with van der Waals surface area (Å²) in [4.78, 5) is 24.3. The van der Waals surface area contributed by atoms with Gasteiger partial charge in [-0.1, -0.05) is 31.2 Å². The van der Waals surface area contributed by atoms with Gasteiger partial charge in [0.25, 0.3) is 5.91 Å². The predicted octanol–water partition coefficient (Wildman–Crippen LogP) is 4.25. The summed E-state index contributed by atoms with van der Waals surface area (Å²) in [7, 11) is 3.71. The van der Waals surface area contributed by atoms with E-state index in [1.54, 1.807) is 22.0 Å². The molecule has 0 spiro atoms. The first-order valence-corrected chi connectivity index (χ1v) is 9.64. The molecule has 6 nitrogen and oxygen atoms in total. The Morgan fingerprint density at radius 2 is 2.00 bits per heavy atom. The number of hydrogen-bond acceptors (Lipinski definition) is 4. The van der Waals surface area contributed by atoms with E-state index >= 15 is 0 Å². The first kappa shape index (κ1) is 18.8. The topological polar surface area (TPSA) is 63.9 Å². The van der Waals surface area contributed by atoms with Gasteiger partial charge in [0.15, 0.2) is 0 Å². The second kappa shape index (κ2) is 7.83. The van der Waals surface area contributed by atoms with E-state index in [2.05, 4.69) is 17.0 Å². The standard InChI is InChI=1S/C23H23N5O/c1-4-22(16-8-7-11-24-13-16)28(3)23(29)19-12-21(17-14-25-27(2)15-17)26-20-10-6-5-9-18(19)20/h5-15,22H,4H2,1-3H3/t22-/m0/s1. The molecule has 0 N–H and O–H groups in total. The van der Waals surface area contributed by atoms with Gasteiger partial charge in [-0.05, 0) is 30.2 Å². The third kappa shape index (κ3) is 3.61. The number of fused-ring (bicyclic) bond motifs is 1. The van der Waals surface area contributed by atoms with Gasteiger partial charge in [-0.2, -0.15) is 5.10 Å². The average Bonchev–Trinajstić information content (AvgIpc) is 3.20. The van der Waals surface area contributed by atoms with Crippen molar-refractivity contribution >= 4 is 16.8 Å². The summed E-state index contributed by atoms with van der Waals surface area (Å²) in [6.07, 6.45) is 8.03. The number of nitrogens with zero attached hydrogens (tertiary/aromatic N) is 5. The van der Waals surface area contributed by atoms with Gasteiger partial charge < -0.3 is 4.90 Å². The molecule has 6 heteroatoms. The van der Waals surface area contributed by atoms with E-state index in [-0.39, 0.29) is 11.9 Å². The van der Waals surface area contributed by atoms with Crippen LogP contribution in [0.15, 0.2) is 67.3 Å². The third-order valence-electron chi connectivity index (χ3n) is 5.19. The van der Waals surface area contributed by atoms with E-state index in [0.29, 0.717) is 5.56 Å². The summed E-state index contributed by atoms with van der Waals surface area (Å²) >= 11 is 0. The second-order valence-corrected chi connectivity index (χ2v) is 7.10. The Bertz CT molecular complexity index is 1150. The number of hydrogen-bond donors (Lipinski definition) is 0. The van der Waals surface area contributed by atoms with Crippen LogP contribution in [0.4, 0.5) is 0 Å². The Kier molecular flexibility index (Phi) is 5.08. The molecule has 0 bridgehead atoms. The highest BCUT2D eigenvalue weighted by Crippen LogP contribution is 2.29. The van der Waals surface area contributed by atoms with Gasteiger partial charge >= 0.3 is 0 Å². The van der Waals surface area contributed by atoms with Crippen molar-refractivity contribution in [3.8, 4) is 11.3 Å². The fourth-order valence-electron chi connectivity index (χ4n) is 3.69. The molecule has 0 radical (unpaired) electrons. The van der Waals surface area contributed by atoms with Crippen LogP contribution < -0.4 is 0 Å². The molecular formula is C23H23N5O. The molecule has 0 saturated carbocycles. The summed E-state index contributed by atoms with van der Waals surface area (Å²) in [6, 6.07) is 13.5. The lowest BCUT2D eigenvalue weighted by atomic mass is 10.0. The Labute approximate surface area is 169 Å². The lowest BCUT2D eigenvalue weighted by Crippen LogP contribution is -2.31. The van der Waals surface area contributed by atoms with Gasteiger partial charge in [0.1, 0.15) is 0 Å². The van der Waals surface area contributed by atoms with Gasteiger partial charge in [0, 0.05) is 43.6 Å². The lowest BCUT2D eigenvalue weighted by molar-refractivity contribution is 0.0728. The van der Waals surface area contributed by atoms with E-state index in [1.165, 1.54) is 0 Å². The molecule has 0 aliphatic carbocycles. The molecule has 0 saturated heterocycles. The molecule has 3 aromatic heterocycles. The quantitative estimate of drug-likeness (QED) is 0.515. The molecule has 4 aromatic rings. The van der Waals surface area contributed by atoms with E-state index in [1.807, 2.05) is 69.0 Å². The van der Waals surface area contributed by atoms with E-state index in [4.69, 9.17) is 4.98 Å². The number of carbonyl (C=O) groups excluding carboxylic acids is 1. The number of para-hydroxylation sites is 1. The Morgan fingerprint density at radius 3 is 2.69 bits per heavy atom. The summed E-state index contributed by atoms with van der Waals surface area (Å²) < 4.78 is 1.73. The highest BCUT2D eigenvalue weighted by Gasteiger charge is 2.24. The van der Waals surface area contributed by atoms with Crippen LogP contribution in [0, 0.1) is 0 Å². The van der Waals surface area contributed by atoms with Crippen molar-refractivity contribution in [2.45, 2.75) is 19.4 Å². The smallest absolute Gasteiger partial charge is 0.254 e. The molecule has 0 unspecified atom stereocenters. The van der Waals surface area contributed by atoms with Crippen LogP contribution in [0.25, 0.3) is 22.2 Å². The lowest BCUT2D eigenvalue weighted by Gasteiger charge is -2.28. The number of aromatic nitrogens is 4. The SMILES string of the molecule is CC[C@@H](c1cccnc1)N(C)C(=O)c1cc(-c2cnn(C)c2)nc2ccccc12. The molecule has 1 atom stereocenters. The number of carbonyl (C=O) groups is 1. The van der Waals surface area contributed by atoms with Crippen molar-refractivity contribution in [1.82, 2.24) is 24.6 Å². The number of amides is 1. The normalized spacial score (nSPS) is 12.1. The maximum atomic E-state index is 13.6. The molecule has 0 aliphatic rings. The Hall–Kier alpha value is -3.54. The largest absolute Gasteiger partial charge is 0.335 e. The molecule has 29 heavy (non-hydrogen) atoms. The van der Waals surface area contributed by atoms with Crippen molar-refractivity contribution in [2.75, 3.05) is 7.05 Å². The zero-order valence-corrected chi connectivity index (χ0v) is 16.8. The van der Waals surface area contributed by atoms with E-state index in [0.717, 1.165) is 34.1 Å². The van der Waals surface area contributed by atoms with Crippen molar-refractivity contribution in [1.29, 1.82) is 0 Å². The van der Waals surface area contributed by atoms with E-state index < -0.39 is 0 Å². The van der Waals surface area contributed by atoms with Crippen LogP contribution in [0.3, 0.4) is 0 Å². The van der Waals surface area contributed by atoms with Crippen molar-refractivity contribution < 1.29 is 4.79 Å². The van der Waals surface area contributed by atoms with E-state index in [9.17, 15) is 4.79 Å². The zero-order valence-electron chi connectivity index (χ0n) is 16.8. The summed E-state index contributed by atoms with van der Waals surface area (Å²) in [6.45, 7) is 2.08. The van der Waals surface area contributed by atoms with Crippen LogP contribution in [-0.2, 0) is 7.05 Å². The minimum Gasteiger partial charge on any atom is -0.335 e. The van der Waals surface area contributed by atoms with Gasteiger partial charge in [0.05, 0.1) is 29.0 Å². The van der Waals surface area contributed by atoms with Gasteiger partial charge in [-0.3, -0.25) is 14.5 Å². The number of benzene rings is 1. The van der Waals surface area contributed by atoms with Crippen LogP contribution in [0.5, 0.6) is 0 Å². The van der Waals surface area contributed by atoms with Gasteiger partial charge in [-0.15, -0.1) is 0 Å². The average molecular weight is 385 g/mol. The minimum atomic E-state index is -0.0510. The number of aryl methyl sites for hydroxylation is 1. The summed E-state index contributed by atoms with van der Waals surface area (Å²) in [5.41, 5.74) is 4.08. The van der Waals surface area contributed by atoms with Gasteiger partial charge in [0.2, 0.25) is 0 Å². The third-order valence-corrected chi connectivity index (χ3v) is 5.19. The van der Waals surface area contributed by atoms with Crippen LogP contribution in [-0.4, -0.2) is 37.6 Å². The van der Waals surface area contributed by atoms with Gasteiger partial charge in [-0.25, -0.2) is 4.98 Å². The van der Waals surface area contributed by atoms with Crippen LogP contribution in [0.2, 0.25) is 0 Å². The molecule has 3 heterocycles. The summed E-state index contributed by atoms with van der Waals surface area (Å²) in [5, 5.41) is 5.08. The van der Waals surface area contributed by atoms with Crippen LogP contribution >= 0.6 is 0 Å².